The van der Waals surface area contributed by atoms with Gasteiger partial charge in [0, 0.05) is 22.5 Å². The van der Waals surface area contributed by atoms with Gasteiger partial charge in [-0.15, -0.1) is 0 Å². The molecule has 1 N–H and O–H groups in total. The van der Waals surface area contributed by atoms with Gasteiger partial charge in [0.05, 0.1) is 0 Å². The molecule has 0 aliphatic carbocycles. The number of nitrogens with one attached hydrogen (secondary N) is 1. The Morgan fingerprint density at radius 1 is 1.43 bits per heavy atom. The van der Waals surface area contributed by atoms with Crippen molar-refractivity contribution in [1.29, 1.82) is 0 Å². The van der Waals surface area contributed by atoms with E-state index in [1.54, 1.807) is 0 Å². The van der Waals surface area contributed by atoms with Crippen molar-refractivity contribution >= 4 is 15.9 Å². The molecule has 1 aromatic rings. The summed E-state index contributed by atoms with van der Waals surface area (Å²) in [6.07, 6.45) is 0. The summed E-state index contributed by atoms with van der Waals surface area (Å²) in [6, 6.07) is 6.55. The lowest BCUT2D eigenvalue weighted by Crippen LogP contribution is -2.59. The molecule has 1 aromatic carbocycles. The number of hydrogen-bond donors (Lipinski definition) is 1. The van der Waals surface area contributed by atoms with Crippen LogP contribution in [0.15, 0.2) is 22.7 Å². The monoisotopic (exact) mass is 253 g/mol. The summed E-state index contributed by atoms with van der Waals surface area (Å²) in [6.45, 7) is 7.82. The van der Waals surface area contributed by atoms with Crippen LogP contribution in [0.1, 0.15) is 30.9 Å². The Hall–Kier alpha value is -0.340. The Morgan fingerprint density at radius 3 is 2.64 bits per heavy atom. The van der Waals surface area contributed by atoms with Crippen LogP contribution in [-0.4, -0.2) is 12.1 Å². The maximum atomic E-state index is 3.54. The summed E-state index contributed by atoms with van der Waals surface area (Å²) in [4.78, 5) is 0. The molecule has 0 saturated carbocycles. The molecule has 1 nitrogen and oxygen atoms in total. The van der Waals surface area contributed by atoms with Gasteiger partial charge in [0.1, 0.15) is 0 Å². The first kappa shape index (κ1) is 10.2. The van der Waals surface area contributed by atoms with Crippen molar-refractivity contribution in [2.24, 2.45) is 0 Å². The summed E-state index contributed by atoms with van der Waals surface area (Å²) in [5, 5.41) is 3.46. The van der Waals surface area contributed by atoms with Gasteiger partial charge in [-0.2, -0.15) is 0 Å². The van der Waals surface area contributed by atoms with Gasteiger partial charge in [-0.25, -0.2) is 0 Å². The first-order valence-corrected chi connectivity index (χ1v) is 5.81. The molecule has 0 radical (unpaired) electrons. The molecule has 1 aliphatic rings. The van der Waals surface area contributed by atoms with Crippen LogP contribution in [0.5, 0.6) is 0 Å². The maximum absolute atomic E-state index is 3.54. The molecular formula is C12H16BrN. The van der Waals surface area contributed by atoms with Gasteiger partial charge in [0.2, 0.25) is 0 Å². The Morgan fingerprint density at radius 2 is 2.14 bits per heavy atom. The van der Waals surface area contributed by atoms with Crippen molar-refractivity contribution in [2.45, 2.75) is 32.2 Å². The fourth-order valence-electron chi connectivity index (χ4n) is 2.10. The van der Waals surface area contributed by atoms with Crippen LogP contribution in [0.4, 0.5) is 0 Å². The number of aryl methyl sites for hydroxylation is 1. The number of halogens is 1. The van der Waals surface area contributed by atoms with E-state index >= 15 is 0 Å². The highest BCUT2D eigenvalue weighted by Crippen LogP contribution is 2.37. The second-order valence-corrected chi connectivity index (χ2v) is 5.57. The Balaban J connectivity index is 2.37. The summed E-state index contributed by atoms with van der Waals surface area (Å²) in [5.74, 6) is 0.653. The second kappa shape index (κ2) is 3.35. The van der Waals surface area contributed by atoms with E-state index in [1.807, 2.05) is 0 Å². The highest BCUT2D eigenvalue weighted by atomic mass is 79.9. The topological polar surface area (TPSA) is 12.0 Å². The molecule has 14 heavy (non-hydrogen) atoms. The lowest BCUT2D eigenvalue weighted by Gasteiger charge is -2.47. The first-order valence-electron chi connectivity index (χ1n) is 5.02. The molecule has 0 spiro atoms. The van der Waals surface area contributed by atoms with E-state index in [2.05, 4.69) is 60.2 Å². The number of rotatable bonds is 1. The molecule has 1 unspecified atom stereocenters. The van der Waals surface area contributed by atoms with Gasteiger partial charge in [-0.3, -0.25) is 0 Å². The predicted molar refractivity (Wildman–Crippen MR) is 63.7 cm³/mol. The normalized spacial score (nSPS) is 24.4. The zero-order valence-corrected chi connectivity index (χ0v) is 10.5. The van der Waals surface area contributed by atoms with E-state index in [9.17, 15) is 0 Å². The molecule has 0 aromatic heterocycles. The third-order valence-corrected chi connectivity index (χ3v) is 3.74. The zero-order valence-electron chi connectivity index (χ0n) is 8.89. The molecule has 1 fully saturated rings. The number of benzene rings is 1. The van der Waals surface area contributed by atoms with Crippen molar-refractivity contribution in [3.8, 4) is 0 Å². The molecular weight excluding hydrogens is 238 g/mol. The van der Waals surface area contributed by atoms with Crippen molar-refractivity contribution < 1.29 is 0 Å². The molecule has 1 heterocycles. The summed E-state index contributed by atoms with van der Waals surface area (Å²) < 4.78 is 1.18. The van der Waals surface area contributed by atoms with Crippen LogP contribution in [0.3, 0.4) is 0 Å². The molecule has 76 valence electrons. The molecule has 2 heteroatoms. The van der Waals surface area contributed by atoms with E-state index in [4.69, 9.17) is 0 Å². The van der Waals surface area contributed by atoms with E-state index in [1.165, 1.54) is 15.6 Å². The first-order chi connectivity index (χ1) is 6.50. The van der Waals surface area contributed by atoms with Crippen molar-refractivity contribution in [3.05, 3.63) is 33.8 Å². The van der Waals surface area contributed by atoms with Gasteiger partial charge in [-0.1, -0.05) is 22.0 Å². The Kier molecular flexibility index (Phi) is 2.44. The summed E-state index contributed by atoms with van der Waals surface area (Å²) in [5.41, 5.74) is 3.13. The molecule has 0 amide bonds. The van der Waals surface area contributed by atoms with Crippen molar-refractivity contribution in [3.63, 3.8) is 0 Å². The lowest BCUT2D eigenvalue weighted by molar-refractivity contribution is 0.207. The Labute approximate surface area is 94.0 Å². The average Bonchev–Trinajstić information content (AvgIpc) is 2.10. The van der Waals surface area contributed by atoms with Gasteiger partial charge >= 0.3 is 0 Å². The summed E-state index contributed by atoms with van der Waals surface area (Å²) in [7, 11) is 0. The molecule has 1 aliphatic heterocycles. The second-order valence-electron chi connectivity index (χ2n) is 4.66. The van der Waals surface area contributed by atoms with Gasteiger partial charge in [-0.05, 0) is 44.0 Å². The molecule has 2 rings (SSSR count). The fourth-order valence-corrected chi connectivity index (χ4v) is 2.48. The summed E-state index contributed by atoms with van der Waals surface area (Å²) >= 11 is 3.54. The maximum Gasteiger partial charge on any atom is 0.0206 e. The van der Waals surface area contributed by atoms with Crippen LogP contribution in [0, 0.1) is 6.92 Å². The van der Waals surface area contributed by atoms with Gasteiger partial charge < -0.3 is 5.32 Å². The Bertz CT molecular complexity index is 357. The smallest absolute Gasteiger partial charge is 0.0206 e. The van der Waals surface area contributed by atoms with Gasteiger partial charge in [0.25, 0.3) is 0 Å². The highest BCUT2D eigenvalue weighted by molar-refractivity contribution is 9.10. The minimum Gasteiger partial charge on any atom is -0.310 e. The minimum absolute atomic E-state index is 0.256. The third kappa shape index (κ3) is 1.61. The highest BCUT2D eigenvalue weighted by Gasteiger charge is 2.39. The van der Waals surface area contributed by atoms with Gasteiger partial charge in [0.15, 0.2) is 0 Å². The number of hydrogen-bond acceptors (Lipinski definition) is 1. The van der Waals surface area contributed by atoms with Crippen molar-refractivity contribution in [1.82, 2.24) is 5.32 Å². The lowest BCUT2D eigenvalue weighted by atomic mass is 9.74. The van der Waals surface area contributed by atoms with E-state index in [0.29, 0.717) is 5.92 Å². The minimum atomic E-state index is 0.256. The quantitative estimate of drug-likeness (QED) is 0.811. The van der Waals surface area contributed by atoms with Crippen LogP contribution in [0.25, 0.3) is 0 Å². The van der Waals surface area contributed by atoms with Crippen LogP contribution < -0.4 is 5.32 Å². The van der Waals surface area contributed by atoms with Crippen LogP contribution in [0.2, 0.25) is 0 Å². The predicted octanol–water partition coefficient (Wildman–Crippen LogP) is 3.22. The van der Waals surface area contributed by atoms with Crippen LogP contribution in [-0.2, 0) is 0 Å². The van der Waals surface area contributed by atoms with E-state index in [-0.39, 0.29) is 5.54 Å². The zero-order chi connectivity index (χ0) is 10.3. The third-order valence-electron chi connectivity index (χ3n) is 3.25. The SMILES string of the molecule is Cc1ccc(Br)cc1C1CNC1(C)C. The standard InChI is InChI=1S/C12H16BrN/c1-8-4-5-9(13)6-10(8)11-7-14-12(11,2)3/h4-6,11,14H,7H2,1-3H3. The average molecular weight is 254 g/mol. The van der Waals surface area contributed by atoms with Crippen molar-refractivity contribution in [2.75, 3.05) is 6.54 Å². The van der Waals surface area contributed by atoms with E-state index < -0.39 is 0 Å². The molecule has 1 atom stereocenters. The van der Waals surface area contributed by atoms with Crippen LogP contribution >= 0.6 is 15.9 Å². The largest absolute Gasteiger partial charge is 0.310 e. The fraction of sp³-hybridized carbons (Fsp3) is 0.500. The molecule has 0 bridgehead atoms. The van der Waals surface area contributed by atoms with E-state index in [0.717, 1.165) is 6.54 Å². The molecule has 1 saturated heterocycles.